The summed E-state index contributed by atoms with van der Waals surface area (Å²) in [5.74, 6) is -0.273. The maximum absolute atomic E-state index is 12.1. The number of hydrogen-bond donors (Lipinski definition) is 1. The van der Waals surface area contributed by atoms with Gasteiger partial charge in [0.15, 0.2) is 0 Å². The largest absolute Gasteiger partial charge is 0.468 e. The first kappa shape index (κ1) is 10.8. The molecule has 0 aromatic heterocycles. The number of urea groups is 1. The Labute approximate surface area is 99.9 Å². The number of esters is 1. The van der Waals surface area contributed by atoms with Crippen LogP contribution in [0.2, 0.25) is 0 Å². The van der Waals surface area contributed by atoms with Crippen LogP contribution in [-0.2, 0) is 9.53 Å². The topological polar surface area (TPSA) is 61.9 Å². The predicted molar refractivity (Wildman–Crippen MR) is 59.4 cm³/mol. The first-order chi connectivity index (χ1) is 8.22. The molecule has 1 aliphatic carbocycles. The molecule has 6 nitrogen and oxygen atoms in total. The van der Waals surface area contributed by atoms with Crippen molar-refractivity contribution in [2.75, 3.05) is 26.7 Å². The number of hydrogen-bond acceptors (Lipinski definition) is 4. The van der Waals surface area contributed by atoms with Gasteiger partial charge in [0.1, 0.15) is 6.04 Å². The van der Waals surface area contributed by atoms with E-state index in [0.717, 1.165) is 12.8 Å². The van der Waals surface area contributed by atoms with E-state index in [9.17, 15) is 9.59 Å². The van der Waals surface area contributed by atoms with E-state index in [4.69, 9.17) is 4.74 Å². The molecule has 2 saturated heterocycles. The van der Waals surface area contributed by atoms with E-state index < -0.39 is 0 Å². The summed E-state index contributed by atoms with van der Waals surface area (Å²) in [7, 11) is 1.39. The first-order valence-electron chi connectivity index (χ1n) is 6.11. The van der Waals surface area contributed by atoms with Crippen LogP contribution in [0.5, 0.6) is 0 Å². The highest BCUT2D eigenvalue weighted by Gasteiger charge is 2.50. The summed E-state index contributed by atoms with van der Waals surface area (Å²) in [5.41, 5.74) is 0. The van der Waals surface area contributed by atoms with Crippen LogP contribution in [0.4, 0.5) is 4.79 Å². The molecule has 3 aliphatic rings. The minimum atomic E-state index is -0.374. The first-order valence-corrected chi connectivity index (χ1v) is 6.11. The Bertz CT molecular complexity index is 356. The van der Waals surface area contributed by atoms with Crippen molar-refractivity contribution >= 4 is 12.0 Å². The molecule has 3 fully saturated rings. The summed E-state index contributed by atoms with van der Waals surface area (Å²) in [6.07, 6.45) is 2.20. The third kappa shape index (κ3) is 1.67. The molecule has 0 bridgehead atoms. The van der Waals surface area contributed by atoms with Crippen molar-refractivity contribution in [2.24, 2.45) is 0 Å². The Balaban J connectivity index is 1.79. The Kier molecular flexibility index (Phi) is 2.47. The van der Waals surface area contributed by atoms with Gasteiger partial charge < -0.3 is 19.9 Å². The van der Waals surface area contributed by atoms with E-state index in [0.29, 0.717) is 25.7 Å². The predicted octanol–water partition coefficient (Wildman–Crippen LogP) is -0.600. The number of piperazine rings is 1. The number of rotatable bonds is 2. The van der Waals surface area contributed by atoms with Crippen molar-refractivity contribution in [2.45, 2.75) is 31.0 Å². The minimum absolute atomic E-state index is 0.0655. The number of ether oxygens (including phenoxy) is 1. The second-order valence-corrected chi connectivity index (χ2v) is 4.88. The average Bonchev–Trinajstić information content (AvgIpc) is 3.14. The van der Waals surface area contributed by atoms with Gasteiger partial charge in [0.25, 0.3) is 0 Å². The van der Waals surface area contributed by atoms with Gasteiger partial charge in [-0.15, -0.1) is 0 Å². The molecule has 0 aromatic carbocycles. The van der Waals surface area contributed by atoms with Gasteiger partial charge >= 0.3 is 12.0 Å². The summed E-state index contributed by atoms with van der Waals surface area (Å²) in [4.78, 5) is 27.5. The smallest absolute Gasteiger partial charge is 0.325 e. The zero-order chi connectivity index (χ0) is 12.0. The number of carbonyl (C=O) groups is 2. The van der Waals surface area contributed by atoms with E-state index in [1.165, 1.54) is 7.11 Å². The number of amides is 2. The van der Waals surface area contributed by atoms with Crippen LogP contribution in [0.3, 0.4) is 0 Å². The molecule has 0 aromatic rings. The molecule has 0 radical (unpaired) electrons. The van der Waals surface area contributed by atoms with Crippen LogP contribution >= 0.6 is 0 Å². The van der Waals surface area contributed by atoms with Crippen molar-refractivity contribution in [3.05, 3.63) is 0 Å². The molecule has 2 atom stereocenters. The number of nitrogens with one attached hydrogen (secondary N) is 1. The maximum Gasteiger partial charge on any atom is 0.325 e. The summed E-state index contributed by atoms with van der Waals surface area (Å²) in [5, 5.41) is 3.15. The van der Waals surface area contributed by atoms with Crippen LogP contribution in [0.15, 0.2) is 0 Å². The summed E-state index contributed by atoms with van der Waals surface area (Å²) in [6.45, 7) is 1.98. The normalized spacial score (nSPS) is 32.6. The van der Waals surface area contributed by atoms with Crippen LogP contribution in [0.25, 0.3) is 0 Å². The highest BCUT2D eigenvalue weighted by atomic mass is 16.5. The Morgan fingerprint density at radius 3 is 2.82 bits per heavy atom. The molecule has 0 unspecified atom stereocenters. The van der Waals surface area contributed by atoms with Crippen LogP contribution in [-0.4, -0.2) is 66.7 Å². The van der Waals surface area contributed by atoms with E-state index in [-0.39, 0.29) is 24.1 Å². The number of nitrogens with zero attached hydrogens (tertiary/aromatic N) is 2. The SMILES string of the molecule is COC(=O)[C@H]1NCCN2C(=O)N(C3CC3)C[C@H]12. The lowest BCUT2D eigenvalue weighted by atomic mass is 10.1. The van der Waals surface area contributed by atoms with Crippen molar-refractivity contribution in [3.8, 4) is 0 Å². The fourth-order valence-corrected chi connectivity index (χ4v) is 2.77. The van der Waals surface area contributed by atoms with Crippen LogP contribution in [0.1, 0.15) is 12.8 Å². The van der Waals surface area contributed by atoms with Gasteiger partial charge in [0.05, 0.1) is 13.2 Å². The lowest BCUT2D eigenvalue weighted by molar-refractivity contribution is -0.145. The molecule has 1 N–H and O–H groups in total. The second-order valence-electron chi connectivity index (χ2n) is 4.88. The van der Waals surface area contributed by atoms with E-state index in [2.05, 4.69) is 5.32 Å². The van der Waals surface area contributed by atoms with Gasteiger partial charge in [-0.2, -0.15) is 0 Å². The Morgan fingerprint density at radius 2 is 2.18 bits per heavy atom. The lowest BCUT2D eigenvalue weighted by Crippen LogP contribution is -2.60. The molecule has 2 heterocycles. The molecule has 2 amide bonds. The van der Waals surface area contributed by atoms with Gasteiger partial charge in [-0.05, 0) is 12.8 Å². The molecule has 3 rings (SSSR count). The number of fused-ring (bicyclic) bond motifs is 1. The molecule has 94 valence electrons. The van der Waals surface area contributed by atoms with Crippen molar-refractivity contribution in [1.29, 1.82) is 0 Å². The zero-order valence-corrected chi connectivity index (χ0v) is 9.89. The molecule has 6 heteroatoms. The number of carbonyl (C=O) groups excluding carboxylic acids is 2. The highest BCUT2D eigenvalue weighted by Crippen LogP contribution is 2.33. The highest BCUT2D eigenvalue weighted by molar-refractivity contribution is 5.83. The lowest BCUT2D eigenvalue weighted by Gasteiger charge is -2.34. The van der Waals surface area contributed by atoms with Gasteiger partial charge in [-0.1, -0.05) is 0 Å². The van der Waals surface area contributed by atoms with Crippen molar-refractivity contribution in [3.63, 3.8) is 0 Å². The number of methoxy groups -OCH3 is 1. The molecule has 1 saturated carbocycles. The summed E-state index contributed by atoms with van der Waals surface area (Å²) >= 11 is 0. The maximum atomic E-state index is 12.1. The van der Waals surface area contributed by atoms with Crippen LogP contribution < -0.4 is 5.32 Å². The minimum Gasteiger partial charge on any atom is -0.468 e. The molecular formula is C11H17N3O3. The summed E-state index contributed by atoms with van der Waals surface area (Å²) < 4.78 is 4.79. The summed E-state index contributed by atoms with van der Waals surface area (Å²) in [6, 6.07) is 0.0602. The monoisotopic (exact) mass is 239 g/mol. The quantitative estimate of drug-likeness (QED) is 0.654. The van der Waals surface area contributed by atoms with E-state index in [1.807, 2.05) is 9.80 Å². The Morgan fingerprint density at radius 1 is 1.41 bits per heavy atom. The zero-order valence-electron chi connectivity index (χ0n) is 9.89. The third-order valence-corrected chi connectivity index (χ3v) is 3.82. The van der Waals surface area contributed by atoms with Crippen molar-refractivity contribution < 1.29 is 14.3 Å². The Hall–Kier alpha value is -1.30. The molecular weight excluding hydrogens is 222 g/mol. The fraction of sp³-hybridized carbons (Fsp3) is 0.818. The van der Waals surface area contributed by atoms with Crippen molar-refractivity contribution in [1.82, 2.24) is 15.1 Å². The third-order valence-electron chi connectivity index (χ3n) is 3.82. The molecule has 17 heavy (non-hydrogen) atoms. The van der Waals surface area contributed by atoms with Gasteiger partial charge in [0, 0.05) is 25.7 Å². The molecule has 2 aliphatic heterocycles. The fourth-order valence-electron chi connectivity index (χ4n) is 2.77. The van der Waals surface area contributed by atoms with Gasteiger partial charge in [0.2, 0.25) is 0 Å². The van der Waals surface area contributed by atoms with Crippen LogP contribution in [0, 0.1) is 0 Å². The van der Waals surface area contributed by atoms with Gasteiger partial charge in [-0.3, -0.25) is 4.79 Å². The molecule has 0 spiro atoms. The van der Waals surface area contributed by atoms with E-state index >= 15 is 0 Å². The second kappa shape index (κ2) is 3.87. The van der Waals surface area contributed by atoms with Gasteiger partial charge in [-0.25, -0.2) is 4.79 Å². The average molecular weight is 239 g/mol. The standard InChI is InChI=1S/C11H17N3O3/c1-17-10(15)9-8-6-14(7-2-3-7)11(16)13(8)5-4-12-9/h7-9,12H,2-6H2,1H3/t8-,9+/m1/s1. The van der Waals surface area contributed by atoms with E-state index in [1.54, 1.807) is 0 Å².